The topological polar surface area (TPSA) is 43.6 Å². The number of alkyl halides is 3. The second-order valence-electron chi connectivity index (χ2n) is 4.76. The normalized spacial score (nSPS) is 11.7. The average Bonchev–Trinajstić information content (AvgIpc) is 2.99. The van der Waals surface area contributed by atoms with Gasteiger partial charge in [-0.3, -0.25) is 4.57 Å². The van der Waals surface area contributed by atoms with Gasteiger partial charge in [-0.15, -0.1) is 10.2 Å². The first kappa shape index (κ1) is 16.8. The first-order valence-corrected chi connectivity index (χ1v) is 8.29. The van der Waals surface area contributed by atoms with Gasteiger partial charge in [0.25, 0.3) is 0 Å². The van der Waals surface area contributed by atoms with E-state index in [4.69, 9.17) is 11.6 Å². The lowest BCUT2D eigenvalue weighted by molar-refractivity contribution is -0.137. The third kappa shape index (κ3) is 3.25. The van der Waals surface area contributed by atoms with Gasteiger partial charge < -0.3 is 0 Å². The van der Waals surface area contributed by atoms with Crippen LogP contribution in [-0.4, -0.2) is 26.0 Å². The van der Waals surface area contributed by atoms with Gasteiger partial charge in [0, 0.05) is 11.8 Å². The highest BCUT2D eigenvalue weighted by Crippen LogP contribution is 2.32. The second-order valence-corrected chi connectivity index (χ2v) is 5.92. The Hall–Kier alpha value is -2.06. The van der Waals surface area contributed by atoms with E-state index in [2.05, 4.69) is 15.2 Å². The van der Waals surface area contributed by atoms with Crippen LogP contribution in [0.4, 0.5) is 13.2 Å². The number of hydrogen-bond acceptors (Lipinski definition) is 4. The van der Waals surface area contributed by atoms with E-state index >= 15 is 0 Å². The molecule has 0 atom stereocenters. The third-order valence-corrected chi connectivity index (χ3v) is 4.09. The molecule has 2 heterocycles. The van der Waals surface area contributed by atoms with E-state index in [1.54, 1.807) is 29.0 Å². The Labute approximate surface area is 144 Å². The summed E-state index contributed by atoms with van der Waals surface area (Å²) in [5.74, 6) is 0.392. The fourth-order valence-corrected chi connectivity index (χ4v) is 2.76. The third-order valence-electron chi connectivity index (χ3n) is 3.23. The zero-order valence-corrected chi connectivity index (χ0v) is 13.8. The minimum absolute atomic E-state index is 0.314. The molecule has 0 radical (unpaired) electrons. The molecule has 0 fully saturated rings. The monoisotopic (exact) mass is 370 g/mol. The van der Waals surface area contributed by atoms with Gasteiger partial charge in [0.2, 0.25) is 0 Å². The summed E-state index contributed by atoms with van der Waals surface area (Å²) in [6, 6.07) is 8.29. The van der Waals surface area contributed by atoms with E-state index in [-0.39, 0.29) is 0 Å². The molecule has 4 nitrogen and oxygen atoms in total. The van der Waals surface area contributed by atoms with Crippen LogP contribution in [0, 0.1) is 0 Å². The summed E-state index contributed by atoms with van der Waals surface area (Å²) in [6.07, 6.45) is -1.15. The Morgan fingerprint density at radius 3 is 2.54 bits per heavy atom. The van der Waals surface area contributed by atoms with Crippen LogP contribution in [0.15, 0.2) is 47.8 Å². The Bertz CT molecular complexity index is 862. The summed E-state index contributed by atoms with van der Waals surface area (Å²) in [5.41, 5.74) is 0.190. The molecule has 0 N–H and O–H groups in total. The zero-order chi connectivity index (χ0) is 17.3. The Morgan fingerprint density at radius 1 is 1.12 bits per heavy atom. The van der Waals surface area contributed by atoms with Crippen molar-refractivity contribution in [1.29, 1.82) is 0 Å². The van der Waals surface area contributed by atoms with E-state index in [1.807, 2.05) is 0 Å². The van der Waals surface area contributed by atoms with Crippen molar-refractivity contribution in [2.75, 3.05) is 6.26 Å². The fourth-order valence-electron chi connectivity index (χ4n) is 2.15. The highest BCUT2D eigenvalue weighted by Gasteiger charge is 2.31. The number of halogens is 4. The minimum Gasteiger partial charge on any atom is -0.270 e. The largest absolute Gasteiger partial charge is 0.416 e. The maximum atomic E-state index is 13.0. The van der Waals surface area contributed by atoms with E-state index in [1.165, 1.54) is 24.0 Å². The van der Waals surface area contributed by atoms with Crippen molar-refractivity contribution in [3.63, 3.8) is 0 Å². The van der Waals surface area contributed by atoms with Gasteiger partial charge >= 0.3 is 6.18 Å². The second kappa shape index (κ2) is 6.45. The maximum Gasteiger partial charge on any atom is 0.416 e. The van der Waals surface area contributed by atoms with Crippen LogP contribution in [0.1, 0.15) is 5.56 Å². The van der Waals surface area contributed by atoms with Crippen LogP contribution < -0.4 is 0 Å². The van der Waals surface area contributed by atoms with Gasteiger partial charge in [-0.2, -0.15) is 13.2 Å². The Balaban J connectivity index is 2.17. The van der Waals surface area contributed by atoms with Gasteiger partial charge in [0.1, 0.15) is 5.15 Å². The van der Waals surface area contributed by atoms with Crippen LogP contribution in [0.25, 0.3) is 17.1 Å². The summed E-state index contributed by atoms with van der Waals surface area (Å²) in [7, 11) is 0. The highest BCUT2D eigenvalue weighted by atomic mass is 35.5. The van der Waals surface area contributed by atoms with Gasteiger partial charge in [-0.1, -0.05) is 29.4 Å². The van der Waals surface area contributed by atoms with Crippen LogP contribution in [-0.2, 0) is 6.18 Å². The summed E-state index contributed by atoms with van der Waals surface area (Å²) in [4.78, 5) is 3.98. The van der Waals surface area contributed by atoms with Crippen molar-refractivity contribution in [1.82, 2.24) is 19.7 Å². The quantitative estimate of drug-likeness (QED) is 0.494. The van der Waals surface area contributed by atoms with Crippen LogP contribution in [0.3, 0.4) is 0 Å². The maximum absolute atomic E-state index is 13.0. The first-order valence-electron chi connectivity index (χ1n) is 6.69. The number of benzene rings is 1. The fraction of sp³-hybridized carbons (Fsp3) is 0.133. The molecule has 124 valence electrons. The van der Waals surface area contributed by atoms with E-state index in [0.717, 1.165) is 12.1 Å². The standard InChI is InChI=1S/C15H10ClF3N4S/c1-24-14-22-21-13(9-5-6-12(16)20-8-9)23(14)11-4-2-3-10(7-11)15(17,18)19/h2-8H,1H3. The number of hydrogen-bond donors (Lipinski definition) is 0. The summed E-state index contributed by atoms with van der Waals surface area (Å²) in [5, 5.41) is 8.90. The lowest BCUT2D eigenvalue weighted by atomic mass is 10.2. The molecule has 2 aromatic heterocycles. The molecule has 0 saturated carbocycles. The summed E-state index contributed by atoms with van der Waals surface area (Å²) >= 11 is 7.06. The molecule has 0 spiro atoms. The number of pyridine rings is 1. The number of rotatable bonds is 3. The minimum atomic E-state index is -4.43. The molecule has 0 saturated heterocycles. The molecule has 0 aliphatic rings. The average molecular weight is 371 g/mol. The molecule has 24 heavy (non-hydrogen) atoms. The van der Waals surface area contributed by atoms with Gasteiger partial charge in [-0.25, -0.2) is 4.98 Å². The van der Waals surface area contributed by atoms with Gasteiger partial charge in [-0.05, 0) is 36.6 Å². The summed E-state index contributed by atoms with van der Waals surface area (Å²) < 4.78 is 40.5. The lowest BCUT2D eigenvalue weighted by Crippen LogP contribution is -2.07. The van der Waals surface area contributed by atoms with Crippen LogP contribution in [0.5, 0.6) is 0 Å². The molecule has 0 bridgehead atoms. The first-order chi connectivity index (χ1) is 11.4. The van der Waals surface area contributed by atoms with Crippen molar-refractivity contribution in [3.05, 3.63) is 53.3 Å². The predicted molar refractivity (Wildman–Crippen MR) is 86.4 cm³/mol. The lowest BCUT2D eigenvalue weighted by Gasteiger charge is -2.12. The predicted octanol–water partition coefficient (Wildman–Crippen LogP) is 4.72. The molecular weight excluding hydrogens is 361 g/mol. The van der Waals surface area contributed by atoms with Crippen molar-refractivity contribution in [2.45, 2.75) is 11.3 Å². The number of nitrogens with zero attached hydrogens (tertiary/aromatic N) is 4. The molecule has 0 unspecified atom stereocenters. The molecule has 3 aromatic rings. The molecule has 0 amide bonds. The van der Waals surface area contributed by atoms with Crippen LogP contribution in [0.2, 0.25) is 5.15 Å². The Morgan fingerprint density at radius 2 is 1.92 bits per heavy atom. The smallest absolute Gasteiger partial charge is 0.270 e. The Kier molecular flexibility index (Phi) is 4.51. The highest BCUT2D eigenvalue weighted by molar-refractivity contribution is 7.98. The van der Waals surface area contributed by atoms with Gasteiger partial charge in [0.05, 0.1) is 11.3 Å². The number of thioether (sulfide) groups is 1. The number of aromatic nitrogens is 4. The zero-order valence-electron chi connectivity index (χ0n) is 12.3. The van der Waals surface area contributed by atoms with E-state index in [9.17, 15) is 13.2 Å². The van der Waals surface area contributed by atoms with Crippen molar-refractivity contribution < 1.29 is 13.2 Å². The molecule has 0 aliphatic carbocycles. The van der Waals surface area contributed by atoms with E-state index < -0.39 is 11.7 Å². The SMILES string of the molecule is CSc1nnc(-c2ccc(Cl)nc2)n1-c1cccc(C(F)(F)F)c1. The summed E-state index contributed by atoms with van der Waals surface area (Å²) in [6.45, 7) is 0. The van der Waals surface area contributed by atoms with Crippen molar-refractivity contribution in [2.24, 2.45) is 0 Å². The van der Waals surface area contributed by atoms with Crippen molar-refractivity contribution in [3.8, 4) is 17.1 Å². The molecule has 9 heteroatoms. The van der Waals surface area contributed by atoms with Gasteiger partial charge in [0.15, 0.2) is 11.0 Å². The molecule has 3 rings (SSSR count). The van der Waals surface area contributed by atoms with Crippen molar-refractivity contribution >= 4 is 23.4 Å². The molecule has 1 aromatic carbocycles. The van der Waals surface area contributed by atoms with E-state index in [0.29, 0.717) is 27.4 Å². The molecular formula is C15H10ClF3N4S. The molecule has 0 aliphatic heterocycles. The van der Waals surface area contributed by atoms with Crippen LogP contribution >= 0.6 is 23.4 Å².